The molecule has 0 radical (unpaired) electrons. The summed E-state index contributed by atoms with van der Waals surface area (Å²) in [6, 6.07) is 19.8. The Morgan fingerprint density at radius 1 is 0.958 bits per heavy atom. The van der Waals surface area contributed by atoms with Crippen LogP contribution in [0.25, 0.3) is 11.1 Å². The van der Waals surface area contributed by atoms with Crippen LogP contribution in [0.1, 0.15) is 46.8 Å². The van der Waals surface area contributed by atoms with Crippen LogP contribution in [0, 0.1) is 11.7 Å². The van der Waals surface area contributed by atoms with Gasteiger partial charge in [0.05, 0.1) is 27.2 Å². The highest BCUT2D eigenvalue weighted by atomic mass is 19.4. The van der Waals surface area contributed by atoms with Gasteiger partial charge in [-0.3, -0.25) is 14.2 Å². The van der Waals surface area contributed by atoms with Crippen molar-refractivity contribution in [2.24, 2.45) is 5.92 Å². The third-order valence-electron chi connectivity index (χ3n) is 10.00. The number of quaternary nitrogens is 1. The molecule has 0 aromatic heterocycles. The van der Waals surface area contributed by atoms with Crippen LogP contribution in [0.5, 0.6) is 0 Å². The molecule has 48 heavy (non-hydrogen) atoms. The highest BCUT2D eigenvalue weighted by Gasteiger charge is 2.54. The van der Waals surface area contributed by atoms with Crippen molar-refractivity contribution in [2.45, 2.75) is 51.2 Å². The minimum Gasteiger partial charge on any atom is -0.402 e. The second-order valence-corrected chi connectivity index (χ2v) is 14.0. The first kappa shape index (κ1) is 35.5. The normalized spacial score (nSPS) is 20.8. The lowest BCUT2D eigenvalue weighted by atomic mass is 9.90. The smallest absolute Gasteiger partial charge is 0.402 e. The van der Waals surface area contributed by atoms with Gasteiger partial charge in [0, 0.05) is 37.7 Å². The molecular weight excluding hydrogens is 624 g/mol. The van der Waals surface area contributed by atoms with Crippen LogP contribution in [-0.2, 0) is 29.0 Å². The van der Waals surface area contributed by atoms with Crippen molar-refractivity contribution in [3.63, 3.8) is 0 Å². The molecule has 1 N–H and O–H groups in total. The summed E-state index contributed by atoms with van der Waals surface area (Å²) >= 11 is 0. The summed E-state index contributed by atoms with van der Waals surface area (Å²) in [4.78, 5) is 29.1. The lowest BCUT2D eigenvalue weighted by molar-refractivity contribution is -0.967. The molecule has 2 heterocycles. The molecule has 11 heteroatoms. The van der Waals surface area contributed by atoms with Gasteiger partial charge in [-0.05, 0) is 97.9 Å². The predicted octanol–water partition coefficient (Wildman–Crippen LogP) is 6.02. The summed E-state index contributed by atoms with van der Waals surface area (Å²) in [5.41, 5.74) is 2.93. The van der Waals surface area contributed by atoms with Crippen molar-refractivity contribution in [3.8, 4) is 11.1 Å². The van der Waals surface area contributed by atoms with Crippen LogP contribution in [0.4, 0.5) is 17.6 Å². The SMILES string of the molecule is CN1CCC(Cc2cccc(C(=O)NCc3ccc(F)c(-c4cccc(CN5CC[N+](C)(C)[C@@](C)(OC(=O)C(F)(F)F)C5)c4)c3)c2)CC1. The molecule has 2 aliphatic heterocycles. The summed E-state index contributed by atoms with van der Waals surface area (Å²) in [5, 5.41) is 2.97. The number of likely N-dealkylation sites (N-methyl/N-ethyl adjacent to an activating group) is 1. The highest BCUT2D eigenvalue weighted by molar-refractivity contribution is 5.94. The number of esters is 1. The Morgan fingerprint density at radius 2 is 1.67 bits per heavy atom. The van der Waals surface area contributed by atoms with Gasteiger partial charge in [0.1, 0.15) is 5.82 Å². The number of alkyl halides is 3. The molecular formula is C37H45F4N4O3+. The van der Waals surface area contributed by atoms with E-state index in [4.69, 9.17) is 4.74 Å². The van der Waals surface area contributed by atoms with Gasteiger partial charge in [0.25, 0.3) is 11.6 Å². The maximum atomic E-state index is 15.1. The molecule has 0 aliphatic carbocycles. The van der Waals surface area contributed by atoms with Crippen molar-refractivity contribution in [3.05, 3.63) is 94.8 Å². The van der Waals surface area contributed by atoms with E-state index in [-0.39, 0.29) is 23.5 Å². The number of carbonyl (C=O) groups is 2. The monoisotopic (exact) mass is 669 g/mol. The van der Waals surface area contributed by atoms with E-state index in [2.05, 4.69) is 23.3 Å². The van der Waals surface area contributed by atoms with Crippen LogP contribution in [0.15, 0.2) is 66.7 Å². The third kappa shape index (κ3) is 8.61. The van der Waals surface area contributed by atoms with Crippen molar-refractivity contribution in [2.75, 3.05) is 53.9 Å². The first-order valence-electron chi connectivity index (χ1n) is 16.4. The molecule has 7 nitrogen and oxygen atoms in total. The summed E-state index contributed by atoms with van der Waals surface area (Å²) < 4.78 is 59.4. The fourth-order valence-corrected chi connectivity index (χ4v) is 6.58. The van der Waals surface area contributed by atoms with E-state index in [0.29, 0.717) is 42.2 Å². The van der Waals surface area contributed by atoms with Crippen molar-refractivity contribution in [1.29, 1.82) is 0 Å². The summed E-state index contributed by atoms with van der Waals surface area (Å²) in [7, 11) is 5.63. The van der Waals surface area contributed by atoms with Crippen LogP contribution in [0.2, 0.25) is 0 Å². The second kappa shape index (κ2) is 14.4. The van der Waals surface area contributed by atoms with Gasteiger partial charge in [0.15, 0.2) is 0 Å². The summed E-state index contributed by atoms with van der Waals surface area (Å²) in [5.74, 6) is -2.19. The minimum atomic E-state index is -5.09. The Balaban J connectivity index is 1.23. The molecule has 3 aromatic carbocycles. The predicted molar refractivity (Wildman–Crippen MR) is 176 cm³/mol. The number of nitrogens with zero attached hydrogens (tertiary/aromatic N) is 3. The number of ether oxygens (including phenoxy) is 1. The van der Waals surface area contributed by atoms with Gasteiger partial charge in [-0.15, -0.1) is 0 Å². The Morgan fingerprint density at radius 3 is 2.40 bits per heavy atom. The molecule has 2 aliphatic rings. The van der Waals surface area contributed by atoms with E-state index in [1.54, 1.807) is 38.4 Å². The van der Waals surface area contributed by atoms with Crippen molar-refractivity contribution >= 4 is 11.9 Å². The maximum Gasteiger partial charge on any atom is 0.491 e. The van der Waals surface area contributed by atoms with E-state index >= 15 is 4.39 Å². The number of benzene rings is 3. The van der Waals surface area contributed by atoms with E-state index in [9.17, 15) is 22.8 Å². The Kier molecular flexibility index (Phi) is 10.6. The molecule has 1 atom stereocenters. The molecule has 5 rings (SSSR count). The standard InChI is InChI=1S/C37H44F4N4O3/c1-36(48-35(47)37(39,40)41)25-44(17-18-45(36,3)4)24-29-8-6-9-30(21-29)32-22-28(11-12-33(32)38)23-42-34(46)31-10-5-7-27(20-31)19-26-13-15-43(2)16-14-26/h5-12,20-22,26H,13-19,23-25H2,1-4H3/p+1/t36-/m0/s1. The van der Waals surface area contributed by atoms with E-state index < -0.39 is 23.7 Å². The van der Waals surface area contributed by atoms with Gasteiger partial charge >= 0.3 is 12.1 Å². The molecule has 0 spiro atoms. The van der Waals surface area contributed by atoms with Crippen LogP contribution in [0.3, 0.4) is 0 Å². The second-order valence-electron chi connectivity index (χ2n) is 14.0. The van der Waals surface area contributed by atoms with Crippen molar-refractivity contribution < 1.29 is 36.4 Å². The zero-order valence-electron chi connectivity index (χ0n) is 28.1. The van der Waals surface area contributed by atoms with Gasteiger partial charge in [0.2, 0.25) is 0 Å². The molecule has 1 amide bonds. The largest absolute Gasteiger partial charge is 0.491 e. The Hall–Kier alpha value is -3.80. The highest BCUT2D eigenvalue weighted by Crippen LogP contribution is 2.32. The van der Waals surface area contributed by atoms with E-state index in [1.165, 1.54) is 13.0 Å². The average Bonchev–Trinajstić information content (AvgIpc) is 3.03. The zero-order valence-corrected chi connectivity index (χ0v) is 28.1. The number of rotatable bonds is 9. The number of halogens is 4. The number of piperidine rings is 1. The fraction of sp³-hybridized carbons (Fsp3) is 0.459. The van der Waals surface area contributed by atoms with Crippen LogP contribution < -0.4 is 5.32 Å². The lowest BCUT2D eigenvalue weighted by Crippen LogP contribution is -2.70. The average molecular weight is 670 g/mol. The molecule has 3 aromatic rings. The van der Waals surface area contributed by atoms with Gasteiger partial charge in [-0.2, -0.15) is 13.2 Å². The number of piperazine rings is 1. The first-order chi connectivity index (χ1) is 22.6. The Labute approximate surface area is 280 Å². The number of likely N-dealkylation sites (tertiary alicyclic amines) is 1. The number of hydrogen-bond donors (Lipinski definition) is 1. The fourth-order valence-electron chi connectivity index (χ4n) is 6.58. The number of nitrogens with one attached hydrogen (secondary N) is 1. The van der Waals surface area contributed by atoms with E-state index in [1.807, 2.05) is 35.2 Å². The molecule has 2 saturated heterocycles. The van der Waals surface area contributed by atoms with Crippen LogP contribution >= 0.6 is 0 Å². The molecule has 0 saturated carbocycles. The molecule has 2 fully saturated rings. The number of hydrogen-bond acceptors (Lipinski definition) is 5. The van der Waals surface area contributed by atoms with Gasteiger partial charge < -0.3 is 15.0 Å². The lowest BCUT2D eigenvalue weighted by Gasteiger charge is -2.51. The Bertz CT molecular complexity index is 1620. The number of carbonyl (C=O) groups excluding carboxylic acids is 2. The minimum absolute atomic E-state index is 0.0871. The summed E-state index contributed by atoms with van der Waals surface area (Å²) in [6.07, 6.45) is -1.82. The van der Waals surface area contributed by atoms with Crippen molar-refractivity contribution in [1.82, 2.24) is 15.1 Å². The third-order valence-corrected chi connectivity index (χ3v) is 10.00. The van der Waals surface area contributed by atoms with E-state index in [0.717, 1.165) is 49.0 Å². The topological polar surface area (TPSA) is 61.9 Å². The van der Waals surface area contributed by atoms with Crippen LogP contribution in [-0.4, -0.2) is 91.9 Å². The summed E-state index contributed by atoms with van der Waals surface area (Å²) in [6.45, 7) is 5.44. The van der Waals surface area contributed by atoms with Gasteiger partial charge in [-0.25, -0.2) is 9.18 Å². The quantitative estimate of drug-likeness (QED) is 0.172. The zero-order chi connectivity index (χ0) is 34.7. The number of amides is 1. The van der Waals surface area contributed by atoms with Gasteiger partial charge in [-0.1, -0.05) is 36.4 Å². The molecule has 0 bridgehead atoms. The first-order valence-corrected chi connectivity index (χ1v) is 16.4. The molecule has 258 valence electrons. The molecule has 0 unspecified atom stereocenters. The maximum absolute atomic E-state index is 15.1.